The van der Waals surface area contributed by atoms with Crippen LogP contribution < -0.4 is 5.32 Å². The third-order valence-electron chi connectivity index (χ3n) is 4.80. The largest absolute Gasteiger partial charge is 0.345 e. The summed E-state index contributed by atoms with van der Waals surface area (Å²) >= 11 is 0. The molecule has 0 spiro atoms. The second-order valence-electron chi connectivity index (χ2n) is 6.98. The van der Waals surface area contributed by atoms with E-state index in [1.54, 1.807) is 30.9 Å². The summed E-state index contributed by atoms with van der Waals surface area (Å²) in [5.74, 6) is 2.01. The maximum absolute atomic E-state index is 12.9. The van der Waals surface area contributed by atoms with Gasteiger partial charge in [0.1, 0.15) is 11.6 Å². The highest BCUT2D eigenvalue weighted by Gasteiger charge is 2.29. The fourth-order valence-electron chi connectivity index (χ4n) is 3.45. The number of aromatic nitrogens is 5. The van der Waals surface area contributed by atoms with Gasteiger partial charge in [0.25, 0.3) is 0 Å². The predicted molar refractivity (Wildman–Crippen MR) is 110 cm³/mol. The molecule has 0 saturated carbocycles. The van der Waals surface area contributed by atoms with Crippen LogP contribution in [-0.2, 0) is 4.79 Å². The minimum absolute atomic E-state index is 0.0476. The summed E-state index contributed by atoms with van der Waals surface area (Å²) in [7, 11) is 0. The van der Waals surface area contributed by atoms with Crippen molar-refractivity contribution in [2.75, 3.05) is 11.9 Å². The van der Waals surface area contributed by atoms with E-state index >= 15 is 0 Å². The van der Waals surface area contributed by atoms with Crippen LogP contribution in [0.25, 0.3) is 6.08 Å². The van der Waals surface area contributed by atoms with Crippen LogP contribution in [0.5, 0.6) is 0 Å². The molecule has 1 atom stereocenters. The molecule has 0 radical (unpaired) electrons. The maximum Gasteiger partial charge on any atom is 0.247 e. The van der Waals surface area contributed by atoms with Gasteiger partial charge in [0.2, 0.25) is 5.91 Å². The van der Waals surface area contributed by atoms with E-state index in [9.17, 15) is 4.79 Å². The number of pyridine rings is 1. The zero-order valence-corrected chi connectivity index (χ0v) is 16.2. The Hall–Kier alpha value is -3.55. The fraction of sp³-hybridized carbons (Fsp3) is 0.286. The number of aryl methyl sites for hydroxylation is 1. The zero-order valence-electron chi connectivity index (χ0n) is 16.2. The Kier molecular flexibility index (Phi) is 5.60. The number of H-pyrrole nitrogens is 1. The second-order valence-corrected chi connectivity index (χ2v) is 6.98. The van der Waals surface area contributed by atoms with E-state index in [1.165, 1.54) is 0 Å². The van der Waals surface area contributed by atoms with Gasteiger partial charge >= 0.3 is 0 Å². The smallest absolute Gasteiger partial charge is 0.247 e. The Bertz CT molecular complexity index is 986. The van der Waals surface area contributed by atoms with E-state index in [2.05, 4.69) is 25.3 Å². The van der Waals surface area contributed by atoms with Gasteiger partial charge in [-0.2, -0.15) is 0 Å². The van der Waals surface area contributed by atoms with Gasteiger partial charge < -0.3 is 15.2 Å². The number of piperidine rings is 1. The molecule has 0 unspecified atom stereocenters. The molecule has 1 fully saturated rings. The van der Waals surface area contributed by atoms with Crippen molar-refractivity contribution in [1.29, 1.82) is 0 Å². The molecule has 2 N–H and O–H groups in total. The Morgan fingerprint density at radius 3 is 3.00 bits per heavy atom. The van der Waals surface area contributed by atoms with E-state index in [-0.39, 0.29) is 11.9 Å². The van der Waals surface area contributed by atoms with Crippen LogP contribution >= 0.6 is 0 Å². The average Bonchev–Trinajstić information content (AvgIpc) is 3.26. The Morgan fingerprint density at radius 1 is 1.28 bits per heavy atom. The Labute approximate surface area is 169 Å². The average molecular weight is 389 g/mol. The first-order valence-corrected chi connectivity index (χ1v) is 9.70. The summed E-state index contributed by atoms with van der Waals surface area (Å²) in [5, 5.41) is 3.22. The molecule has 148 valence electrons. The van der Waals surface area contributed by atoms with Gasteiger partial charge in [-0.3, -0.25) is 4.79 Å². The number of nitrogens with zero attached hydrogens (tertiary/aromatic N) is 5. The fourth-order valence-corrected chi connectivity index (χ4v) is 3.45. The number of hydrogen-bond donors (Lipinski definition) is 2. The lowest BCUT2D eigenvalue weighted by Gasteiger charge is -2.34. The lowest BCUT2D eigenvalue weighted by atomic mass is 10.0. The summed E-state index contributed by atoms with van der Waals surface area (Å²) in [6, 6.07) is 7.40. The van der Waals surface area contributed by atoms with Gasteiger partial charge in [-0.15, -0.1) is 0 Å². The summed E-state index contributed by atoms with van der Waals surface area (Å²) in [5.41, 5.74) is 1.64. The van der Waals surface area contributed by atoms with Crippen molar-refractivity contribution in [2.24, 2.45) is 0 Å². The number of aromatic amines is 1. The molecule has 0 aliphatic carbocycles. The quantitative estimate of drug-likeness (QED) is 0.649. The van der Waals surface area contributed by atoms with Crippen molar-refractivity contribution in [3.05, 3.63) is 66.3 Å². The van der Waals surface area contributed by atoms with Crippen LogP contribution in [0.3, 0.4) is 0 Å². The van der Waals surface area contributed by atoms with Gasteiger partial charge in [-0.25, -0.2) is 19.9 Å². The van der Waals surface area contributed by atoms with Gasteiger partial charge in [0, 0.05) is 30.6 Å². The van der Waals surface area contributed by atoms with Crippen LogP contribution in [0.1, 0.15) is 42.5 Å². The van der Waals surface area contributed by atoms with Crippen molar-refractivity contribution < 1.29 is 4.79 Å². The topological polar surface area (TPSA) is 99.7 Å². The van der Waals surface area contributed by atoms with Gasteiger partial charge in [-0.05, 0) is 44.4 Å². The van der Waals surface area contributed by atoms with Crippen LogP contribution in [0.4, 0.5) is 11.6 Å². The number of anilines is 2. The van der Waals surface area contributed by atoms with Crippen LogP contribution in [0.15, 0.2) is 49.1 Å². The van der Waals surface area contributed by atoms with E-state index < -0.39 is 0 Å². The monoisotopic (exact) mass is 389 g/mol. The minimum Gasteiger partial charge on any atom is -0.345 e. The van der Waals surface area contributed by atoms with Crippen LogP contribution in [0, 0.1) is 6.92 Å². The van der Waals surface area contributed by atoms with E-state index in [0.29, 0.717) is 18.2 Å². The third kappa shape index (κ3) is 4.66. The first-order chi connectivity index (χ1) is 14.2. The third-order valence-corrected chi connectivity index (χ3v) is 4.80. The number of rotatable bonds is 5. The molecule has 1 amide bonds. The molecule has 4 rings (SSSR count). The van der Waals surface area contributed by atoms with Crippen molar-refractivity contribution >= 4 is 23.6 Å². The van der Waals surface area contributed by atoms with Crippen LogP contribution in [0.2, 0.25) is 0 Å². The van der Waals surface area contributed by atoms with Crippen LogP contribution in [-0.4, -0.2) is 42.3 Å². The number of nitrogens with one attached hydrogen (secondary N) is 2. The second kappa shape index (κ2) is 8.64. The van der Waals surface area contributed by atoms with Gasteiger partial charge in [0.15, 0.2) is 5.82 Å². The lowest BCUT2D eigenvalue weighted by molar-refractivity contribution is -0.129. The van der Waals surface area contributed by atoms with E-state index in [4.69, 9.17) is 4.98 Å². The first-order valence-electron chi connectivity index (χ1n) is 9.70. The molecular weight excluding hydrogens is 366 g/mol. The summed E-state index contributed by atoms with van der Waals surface area (Å²) in [6.07, 6.45) is 11.2. The number of carbonyl (C=O) groups excluding carboxylic acids is 1. The molecule has 29 heavy (non-hydrogen) atoms. The Morgan fingerprint density at radius 2 is 2.21 bits per heavy atom. The molecule has 8 nitrogen and oxygen atoms in total. The molecule has 4 heterocycles. The molecule has 0 aromatic carbocycles. The number of hydrogen-bond acceptors (Lipinski definition) is 6. The lowest BCUT2D eigenvalue weighted by Crippen LogP contribution is -2.38. The molecule has 3 aromatic rings. The first kappa shape index (κ1) is 18.8. The number of amides is 1. The molecule has 8 heteroatoms. The van der Waals surface area contributed by atoms with E-state index in [1.807, 2.05) is 36.1 Å². The Balaban J connectivity index is 1.57. The molecule has 1 aliphatic rings. The number of imidazole rings is 1. The normalized spacial score (nSPS) is 16.9. The van der Waals surface area contributed by atoms with Crippen molar-refractivity contribution in [3.8, 4) is 0 Å². The summed E-state index contributed by atoms with van der Waals surface area (Å²) < 4.78 is 0. The molecule has 3 aromatic heterocycles. The van der Waals surface area contributed by atoms with E-state index in [0.717, 1.165) is 36.5 Å². The summed E-state index contributed by atoms with van der Waals surface area (Å²) in [6.45, 7) is 2.62. The SMILES string of the molecule is Cc1cc(Nc2ccccn2)nc([C@@H]2CCCCN2C(=O)/C=C/c2cnc[nH]2)n1. The standard InChI is InChI=1S/C21H23N7O/c1-15-12-19(26-18-7-2-4-10-23-18)27-21(25-15)17-6-3-5-11-28(17)20(29)9-8-16-13-22-14-24-16/h2,4,7-10,12-14,17H,3,5-6,11H2,1H3,(H,22,24)(H,23,25,26,27)/b9-8+/t17-/m0/s1. The predicted octanol–water partition coefficient (Wildman–Crippen LogP) is 3.41. The number of carbonyl (C=O) groups is 1. The molecular formula is C21H23N7O. The highest BCUT2D eigenvalue weighted by Crippen LogP contribution is 2.30. The summed E-state index contributed by atoms with van der Waals surface area (Å²) in [4.78, 5) is 35.3. The highest BCUT2D eigenvalue weighted by molar-refractivity contribution is 5.91. The zero-order chi connectivity index (χ0) is 20.1. The minimum atomic E-state index is -0.146. The molecule has 1 aliphatic heterocycles. The maximum atomic E-state index is 12.9. The molecule has 1 saturated heterocycles. The van der Waals surface area contributed by atoms with Crippen molar-refractivity contribution in [2.45, 2.75) is 32.2 Å². The van der Waals surface area contributed by atoms with Crippen molar-refractivity contribution in [1.82, 2.24) is 29.8 Å². The van der Waals surface area contributed by atoms with Crippen molar-refractivity contribution in [3.63, 3.8) is 0 Å². The number of likely N-dealkylation sites (tertiary alicyclic amines) is 1. The van der Waals surface area contributed by atoms with Gasteiger partial charge in [0.05, 0.1) is 24.3 Å². The molecule has 0 bridgehead atoms. The van der Waals surface area contributed by atoms with Gasteiger partial charge in [-0.1, -0.05) is 6.07 Å². The highest BCUT2D eigenvalue weighted by atomic mass is 16.2.